The van der Waals surface area contributed by atoms with Crippen molar-refractivity contribution in [1.82, 2.24) is 5.32 Å². The minimum Gasteiger partial charge on any atom is -0.394 e. The fraction of sp³-hybridized carbons (Fsp3) is 0.975. The van der Waals surface area contributed by atoms with E-state index in [0.717, 1.165) is 44.9 Å². The third-order valence-corrected chi connectivity index (χ3v) is 10.5. The smallest absolute Gasteiger partial charge is 0.220 e. The van der Waals surface area contributed by atoms with Gasteiger partial charge in [0.05, 0.1) is 18.8 Å². The van der Waals surface area contributed by atoms with Crippen LogP contribution in [-0.2, 0) is 9.53 Å². The Morgan fingerprint density at radius 1 is 0.571 bits per heavy atom. The predicted molar refractivity (Wildman–Crippen MR) is 198 cm³/mol. The van der Waals surface area contributed by atoms with Crippen LogP contribution in [0.1, 0.15) is 194 Å². The van der Waals surface area contributed by atoms with Gasteiger partial charge in [0, 0.05) is 6.42 Å². The Morgan fingerprint density at radius 2 is 0.959 bits per heavy atom. The van der Waals surface area contributed by atoms with E-state index in [2.05, 4.69) is 19.2 Å². The molecular weight excluding hydrogens is 622 g/mol. The van der Waals surface area contributed by atoms with Crippen molar-refractivity contribution < 1.29 is 40.2 Å². The quantitative estimate of drug-likeness (QED) is 0.0361. The second-order valence-electron chi connectivity index (χ2n) is 15.0. The zero-order chi connectivity index (χ0) is 36.1. The maximum Gasteiger partial charge on any atom is 0.220 e. The van der Waals surface area contributed by atoms with E-state index in [4.69, 9.17) is 4.74 Å². The lowest BCUT2D eigenvalue weighted by Gasteiger charge is -2.44. The van der Waals surface area contributed by atoms with Crippen LogP contribution in [0.3, 0.4) is 0 Å². The molecule has 1 fully saturated rings. The molecule has 0 bridgehead atoms. The average Bonchev–Trinajstić information content (AvgIpc) is 3.10. The van der Waals surface area contributed by atoms with Crippen molar-refractivity contribution in [2.24, 2.45) is 0 Å². The van der Waals surface area contributed by atoms with Crippen molar-refractivity contribution in [2.75, 3.05) is 6.61 Å². The Morgan fingerprint density at radius 3 is 1.37 bits per heavy atom. The lowest BCUT2D eigenvalue weighted by Crippen LogP contribution is -2.66. The number of carbonyl (C=O) groups excluding carboxylic acids is 1. The van der Waals surface area contributed by atoms with Gasteiger partial charge in [-0.1, -0.05) is 174 Å². The van der Waals surface area contributed by atoms with Gasteiger partial charge in [0.2, 0.25) is 5.91 Å². The van der Waals surface area contributed by atoms with Crippen molar-refractivity contribution in [3.05, 3.63) is 0 Å². The standard InChI is InChI=1S/C40H79NO8/c1-3-5-7-9-11-13-15-17-19-21-23-25-27-29-32(43)35(37(46)40-39(48)38(47)36(45)33(31-42)49-40)41-34(44)30-28-26-24-22-20-18-16-14-12-10-8-6-4-2/h32-33,35-40,42-43,45-48H,3-31H2,1-2H3,(H,41,44)/t32?,33-,35?,36-,37?,38+,39-,40+/m1/s1. The summed E-state index contributed by atoms with van der Waals surface area (Å²) in [5.74, 6) is -0.291. The van der Waals surface area contributed by atoms with E-state index in [-0.39, 0.29) is 12.3 Å². The number of nitrogens with one attached hydrogen (secondary N) is 1. The SMILES string of the molecule is CCCCCCCCCCCCCCCC(=O)NC(C(O)CCCCCCCCCCCCCCC)C(O)[C@@H]1O[C@H](CO)[C@@H](O)[C@H](O)[C@H]1O. The number of rotatable bonds is 33. The lowest BCUT2D eigenvalue weighted by molar-refractivity contribution is -0.253. The Bertz CT molecular complexity index is 756. The maximum atomic E-state index is 13.0. The first-order valence-corrected chi connectivity index (χ1v) is 20.7. The molecule has 1 amide bonds. The van der Waals surface area contributed by atoms with Gasteiger partial charge in [-0.25, -0.2) is 0 Å². The maximum absolute atomic E-state index is 13.0. The predicted octanol–water partition coefficient (Wildman–Crippen LogP) is 7.00. The van der Waals surface area contributed by atoms with Crippen LogP contribution in [0.25, 0.3) is 0 Å². The molecule has 1 aliphatic rings. The van der Waals surface area contributed by atoms with Crippen molar-refractivity contribution in [3.63, 3.8) is 0 Å². The first-order chi connectivity index (χ1) is 23.8. The zero-order valence-electron chi connectivity index (χ0n) is 31.6. The molecule has 0 aromatic carbocycles. The molecule has 1 aliphatic heterocycles. The number of aliphatic hydroxyl groups is 6. The van der Waals surface area contributed by atoms with E-state index in [0.29, 0.717) is 12.8 Å². The molecule has 9 nitrogen and oxygen atoms in total. The Balaban J connectivity index is 2.47. The molecule has 7 N–H and O–H groups in total. The van der Waals surface area contributed by atoms with Gasteiger partial charge in [-0.05, 0) is 12.8 Å². The lowest BCUT2D eigenvalue weighted by atomic mass is 9.87. The van der Waals surface area contributed by atoms with E-state index in [1.165, 1.54) is 116 Å². The van der Waals surface area contributed by atoms with E-state index in [9.17, 15) is 35.4 Å². The van der Waals surface area contributed by atoms with E-state index in [1.807, 2.05) is 0 Å². The van der Waals surface area contributed by atoms with E-state index in [1.54, 1.807) is 0 Å². The minimum absolute atomic E-state index is 0.265. The molecule has 0 aromatic heterocycles. The average molecular weight is 702 g/mol. The fourth-order valence-corrected chi connectivity index (χ4v) is 7.14. The van der Waals surface area contributed by atoms with Crippen LogP contribution in [-0.4, -0.2) is 91.9 Å². The van der Waals surface area contributed by atoms with Gasteiger partial charge in [-0.3, -0.25) is 4.79 Å². The molecule has 3 unspecified atom stereocenters. The number of hydrogen-bond donors (Lipinski definition) is 7. The van der Waals surface area contributed by atoms with Gasteiger partial charge < -0.3 is 40.7 Å². The Kier molecular flexibility index (Phi) is 29.0. The second-order valence-corrected chi connectivity index (χ2v) is 15.0. The third kappa shape index (κ3) is 21.3. The highest BCUT2D eigenvalue weighted by molar-refractivity contribution is 5.76. The van der Waals surface area contributed by atoms with Crippen LogP contribution in [0.15, 0.2) is 0 Å². The molecule has 0 saturated carbocycles. The number of ether oxygens (including phenoxy) is 1. The van der Waals surface area contributed by atoms with Crippen molar-refractivity contribution in [3.8, 4) is 0 Å². The first-order valence-electron chi connectivity index (χ1n) is 20.7. The summed E-state index contributed by atoms with van der Waals surface area (Å²) < 4.78 is 5.59. The molecule has 0 radical (unpaired) electrons. The molecule has 0 aliphatic carbocycles. The number of amides is 1. The van der Waals surface area contributed by atoms with Gasteiger partial charge in [0.15, 0.2) is 0 Å². The topological polar surface area (TPSA) is 160 Å². The Labute approximate surface area is 300 Å². The molecule has 49 heavy (non-hydrogen) atoms. The normalized spacial score (nSPS) is 23.0. The summed E-state index contributed by atoms with van der Waals surface area (Å²) in [7, 11) is 0. The van der Waals surface area contributed by atoms with Gasteiger partial charge in [0.25, 0.3) is 0 Å². The van der Waals surface area contributed by atoms with E-state index < -0.39 is 55.4 Å². The molecule has 0 spiro atoms. The zero-order valence-corrected chi connectivity index (χ0v) is 31.6. The summed E-state index contributed by atoms with van der Waals surface area (Å²) >= 11 is 0. The number of unbranched alkanes of at least 4 members (excludes halogenated alkanes) is 24. The monoisotopic (exact) mass is 702 g/mol. The highest BCUT2D eigenvalue weighted by atomic mass is 16.6. The van der Waals surface area contributed by atoms with Crippen LogP contribution in [0, 0.1) is 0 Å². The summed E-state index contributed by atoms with van der Waals surface area (Å²) in [4.78, 5) is 13.0. The summed E-state index contributed by atoms with van der Waals surface area (Å²) in [6.07, 6.45) is 21.8. The van der Waals surface area contributed by atoms with Crippen LogP contribution in [0.5, 0.6) is 0 Å². The summed E-state index contributed by atoms with van der Waals surface area (Å²) in [5, 5.41) is 66.0. The fourth-order valence-electron chi connectivity index (χ4n) is 7.14. The van der Waals surface area contributed by atoms with Gasteiger partial charge in [-0.2, -0.15) is 0 Å². The molecule has 9 heteroatoms. The van der Waals surface area contributed by atoms with Gasteiger partial charge >= 0.3 is 0 Å². The highest BCUT2D eigenvalue weighted by Gasteiger charge is 2.48. The molecule has 1 rings (SSSR count). The van der Waals surface area contributed by atoms with Crippen molar-refractivity contribution in [2.45, 2.75) is 242 Å². The second kappa shape index (κ2) is 30.8. The summed E-state index contributed by atoms with van der Waals surface area (Å²) in [6.45, 7) is 3.87. The van der Waals surface area contributed by atoms with E-state index >= 15 is 0 Å². The molecule has 1 saturated heterocycles. The van der Waals surface area contributed by atoms with Crippen LogP contribution in [0.4, 0.5) is 0 Å². The number of carbonyl (C=O) groups is 1. The summed E-state index contributed by atoms with van der Waals surface area (Å²) in [5.41, 5.74) is 0. The summed E-state index contributed by atoms with van der Waals surface area (Å²) in [6, 6.07) is -1.13. The van der Waals surface area contributed by atoms with Crippen LogP contribution >= 0.6 is 0 Å². The van der Waals surface area contributed by atoms with Crippen LogP contribution < -0.4 is 5.32 Å². The van der Waals surface area contributed by atoms with Gasteiger partial charge in [0.1, 0.15) is 36.6 Å². The highest BCUT2D eigenvalue weighted by Crippen LogP contribution is 2.26. The third-order valence-electron chi connectivity index (χ3n) is 10.5. The molecule has 1 heterocycles. The molecule has 0 aromatic rings. The minimum atomic E-state index is -1.66. The van der Waals surface area contributed by atoms with Crippen molar-refractivity contribution >= 4 is 5.91 Å². The number of aliphatic hydroxyl groups excluding tert-OH is 6. The Hall–Kier alpha value is -0.810. The molecular formula is C40H79NO8. The van der Waals surface area contributed by atoms with Crippen molar-refractivity contribution in [1.29, 1.82) is 0 Å². The van der Waals surface area contributed by atoms with Crippen LogP contribution in [0.2, 0.25) is 0 Å². The largest absolute Gasteiger partial charge is 0.394 e. The molecule has 292 valence electrons. The number of hydrogen-bond acceptors (Lipinski definition) is 8. The van der Waals surface area contributed by atoms with Gasteiger partial charge in [-0.15, -0.1) is 0 Å². The first kappa shape index (κ1) is 46.2. The molecule has 8 atom stereocenters.